The van der Waals surface area contributed by atoms with Crippen LogP contribution in [0, 0.1) is 5.92 Å². The molecule has 1 aliphatic heterocycles. The van der Waals surface area contributed by atoms with E-state index in [4.69, 9.17) is 4.74 Å². The molecule has 1 saturated heterocycles. The van der Waals surface area contributed by atoms with Crippen molar-refractivity contribution >= 4 is 29.4 Å². The number of hydrogen-bond donors (Lipinski definition) is 3. The molecule has 1 fully saturated rings. The Morgan fingerprint density at radius 2 is 1.73 bits per heavy atom. The van der Waals surface area contributed by atoms with Gasteiger partial charge in [0, 0.05) is 12.1 Å². The van der Waals surface area contributed by atoms with Gasteiger partial charge in [0.1, 0.15) is 5.92 Å². The lowest BCUT2D eigenvalue weighted by Gasteiger charge is -2.07. The van der Waals surface area contributed by atoms with Gasteiger partial charge in [-0.05, 0) is 31.2 Å². The van der Waals surface area contributed by atoms with Crippen molar-refractivity contribution in [2.75, 3.05) is 11.9 Å². The largest absolute Gasteiger partial charge is 0.462 e. The van der Waals surface area contributed by atoms with Crippen LogP contribution >= 0.6 is 0 Å². The Kier molecular flexibility index (Phi) is 4.72. The van der Waals surface area contributed by atoms with E-state index in [0.29, 0.717) is 11.3 Å². The molecule has 0 aromatic heterocycles. The van der Waals surface area contributed by atoms with Crippen molar-refractivity contribution in [3.63, 3.8) is 0 Å². The predicted molar refractivity (Wildman–Crippen MR) is 75.4 cm³/mol. The SMILES string of the molecule is CCOC(=O)c1ccc(NC(=O)CC2C(=O)NNC2=O)cc1. The second-order valence-corrected chi connectivity index (χ2v) is 4.58. The quantitative estimate of drug-likeness (QED) is 0.522. The van der Waals surface area contributed by atoms with E-state index in [0.717, 1.165) is 0 Å². The van der Waals surface area contributed by atoms with Crippen LogP contribution in [0.5, 0.6) is 0 Å². The van der Waals surface area contributed by atoms with Crippen LogP contribution in [0.15, 0.2) is 24.3 Å². The molecule has 0 atom stereocenters. The van der Waals surface area contributed by atoms with Crippen molar-refractivity contribution in [1.29, 1.82) is 0 Å². The third kappa shape index (κ3) is 3.60. The third-order valence-electron chi connectivity index (χ3n) is 3.01. The lowest BCUT2D eigenvalue weighted by molar-refractivity contribution is -0.131. The van der Waals surface area contributed by atoms with Crippen LogP contribution in [0.3, 0.4) is 0 Å². The molecule has 0 aliphatic carbocycles. The van der Waals surface area contributed by atoms with Gasteiger partial charge in [-0.25, -0.2) is 4.79 Å². The molecule has 0 radical (unpaired) electrons. The van der Waals surface area contributed by atoms with Gasteiger partial charge in [-0.3, -0.25) is 25.2 Å². The summed E-state index contributed by atoms with van der Waals surface area (Å²) in [5.74, 6) is -3.00. The van der Waals surface area contributed by atoms with E-state index in [9.17, 15) is 19.2 Å². The summed E-state index contributed by atoms with van der Waals surface area (Å²) in [6.45, 7) is 1.99. The Morgan fingerprint density at radius 3 is 2.27 bits per heavy atom. The molecule has 1 aromatic rings. The van der Waals surface area contributed by atoms with E-state index in [1.54, 1.807) is 19.1 Å². The fourth-order valence-electron chi connectivity index (χ4n) is 1.90. The van der Waals surface area contributed by atoms with E-state index in [1.807, 2.05) is 0 Å². The first kappa shape index (κ1) is 15.5. The highest BCUT2D eigenvalue weighted by Crippen LogP contribution is 2.13. The highest BCUT2D eigenvalue weighted by Gasteiger charge is 2.34. The molecular formula is C14H15N3O5. The summed E-state index contributed by atoms with van der Waals surface area (Å²) in [5.41, 5.74) is 5.13. The lowest BCUT2D eigenvalue weighted by Crippen LogP contribution is -2.28. The van der Waals surface area contributed by atoms with Crippen LogP contribution in [-0.2, 0) is 19.1 Å². The Labute approximate surface area is 126 Å². The topological polar surface area (TPSA) is 114 Å². The zero-order valence-corrected chi connectivity index (χ0v) is 11.8. The van der Waals surface area contributed by atoms with Crippen LogP contribution in [0.25, 0.3) is 0 Å². The number of hydrogen-bond acceptors (Lipinski definition) is 5. The summed E-state index contributed by atoms with van der Waals surface area (Å²) < 4.78 is 4.85. The molecule has 1 aromatic carbocycles. The average molecular weight is 305 g/mol. The van der Waals surface area contributed by atoms with Gasteiger partial charge in [0.15, 0.2) is 0 Å². The normalized spacial score (nSPS) is 14.2. The molecule has 1 heterocycles. The fraction of sp³-hybridized carbons (Fsp3) is 0.286. The summed E-state index contributed by atoms with van der Waals surface area (Å²) in [4.78, 5) is 46.0. The van der Waals surface area contributed by atoms with Crippen LogP contribution in [0.4, 0.5) is 5.69 Å². The fourth-order valence-corrected chi connectivity index (χ4v) is 1.90. The molecule has 3 N–H and O–H groups in total. The van der Waals surface area contributed by atoms with E-state index in [1.165, 1.54) is 12.1 Å². The summed E-state index contributed by atoms with van der Waals surface area (Å²) in [6, 6.07) is 6.11. The summed E-state index contributed by atoms with van der Waals surface area (Å²) >= 11 is 0. The molecular weight excluding hydrogens is 290 g/mol. The minimum atomic E-state index is -1.03. The molecule has 2 rings (SSSR count). The maximum absolute atomic E-state index is 11.8. The number of benzene rings is 1. The van der Waals surface area contributed by atoms with Crippen LogP contribution in [0.1, 0.15) is 23.7 Å². The van der Waals surface area contributed by atoms with Crippen molar-refractivity contribution in [2.45, 2.75) is 13.3 Å². The standard InChI is InChI=1S/C14H15N3O5/c1-2-22-14(21)8-3-5-9(6-4-8)15-11(18)7-10-12(19)16-17-13(10)20/h3-6,10H,2,7H2,1H3,(H,15,18)(H,16,19)(H,17,20). The van der Waals surface area contributed by atoms with Crippen LogP contribution in [-0.4, -0.2) is 30.3 Å². The molecule has 1 aliphatic rings. The Bertz CT molecular complexity index is 595. The number of esters is 1. The van der Waals surface area contributed by atoms with Gasteiger partial charge in [-0.2, -0.15) is 0 Å². The van der Waals surface area contributed by atoms with Gasteiger partial charge in [-0.15, -0.1) is 0 Å². The van der Waals surface area contributed by atoms with Gasteiger partial charge in [-0.1, -0.05) is 0 Å². The van der Waals surface area contributed by atoms with Gasteiger partial charge in [0.25, 0.3) is 11.8 Å². The molecule has 0 bridgehead atoms. The van der Waals surface area contributed by atoms with E-state index in [-0.39, 0.29) is 13.0 Å². The molecule has 8 heteroatoms. The highest BCUT2D eigenvalue weighted by molar-refractivity contribution is 6.09. The Morgan fingerprint density at radius 1 is 1.14 bits per heavy atom. The number of hydrazine groups is 1. The molecule has 0 spiro atoms. The maximum Gasteiger partial charge on any atom is 0.338 e. The number of anilines is 1. The van der Waals surface area contributed by atoms with Gasteiger partial charge in [0.2, 0.25) is 5.91 Å². The third-order valence-corrected chi connectivity index (χ3v) is 3.01. The summed E-state index contributed by atoms with van der Waals surface area (Å²) in [6.07, 6.45) is -0.253. The van der Waals surface area contributed by atoms with E-state index < -0.39 is 29.6 Å². The Balaban J connectivity index is 1.93. The van der Waals surface area contributed by atoms with Crippen LogP contribution in [0.2, 0.25) is 0 Å². The van der Waals surface area contributed by atoms with E-state index >= 15 is 0 Å². The number of ether oxygens (including phenoxy) is 1. The van der Waals surface area contributed by atoms with Crippen molar-refractivity contribution in [3.8, 4) is 0 Å². The van der Waals surface area contributed by atoms with Crippen molar-refractivity contribution in [2.24, 2.45) is 5.92 Å². The molecule has 3 amide bonds. The molecule has 0 saturated carbocycles. The van der Waals surface area contributed by atoms with Crippen LogP contribution < -0.4 is 16.2 Å². The number of carbonyl (C=O) groups is 4. The number of nitrogens with one attached hydrogen (secondary N) is 3. The number of carbonyl (C=O) groups excluding carboxylic acids is 4. The first-order valence-electron chi connectivity index (χ1n) is 6.68. The predicted octanol–water partition coefficient (Wildman–Crippen LogP) is -0.0309. The zero-order chi connectivity index (χ0) is 16.1. The molecule has 0 unspecified atom stereocenters. The maximum atomic E-state index is 11.8. The smallest absolute Gasteiger partial charge is 0.338 e. The second-order valence-electron chi connectivity index (χ2n) is 4.58. The van der Waals surface area contributed by atoms with Crippen molar-refractivity contribution < 1.29 is 23.9 Å². The summed E-state index contributed by atoms with van der Waals surface area (Å²) in [7, 11) is 0. The van der Waals surface area contributed by atoms with Gasteiger partial charge in [0.05, 0.1) is 12.2 Å². The molecule has 116 valence electrons. The van der Waals surface area contributed by atoms with Gasteiger partial charge < -0.3 is 10.1 Å². The monoisotopic (exact) mass is 305 g/mol. The Hall–Kier alpha value is -2.90. The number of amides is 3. The van der Waals surface area contributed by atoms with Crippen molar-refractivity contribution in [1.82, 2.24) is 10.9 Å². The lowest BCUT2D eigenvalue weighted by atomic mass is 10.1. The number of rotatable bonds is 5. The summed E-state index contributed by atoms with van der Waals surface area (Å²) in [5, 5.41) is 2.56. The highest BCUT2D eigenvalue weighted by atomic mass is 16.5. The first-order chi connectivity index (χ1) is 10.5. The second kappa shape index (κ2) is 6.70. The van der Waals surface area contributed by atoms with E-state index in [2.05, 4.69) is 16.2 Å². The van der Waals surface area contributed by atoms with Gasteiger partial charge >= 0.3 is 5.97 Å². The zero-order valence-electron chi connectivity index (χ0n) is 11.8. The average Bonchev–Trinajstić information content (AvgIpc) is 2.80. The molecule has 22 heavy (non-hydrogen) atoms. The minimum Gasteiger partial charge on any atom is -0.462 e. The minimum absolute atomic E-state index is 0.253. The first-order valence-corrected chi connectivity index (χ1v) is 6.68. The molecule has 8 nitrogen and oxygen atoms in total. The van der Waals surface area contributed by atoms with Crippen molar-refractivity contribution in [3.05, 3.63) is 29.8 Å².